The number of esters is 1. The summed E-state index contributed by atoms with van der Waals surface area (Å²) < 4.78 is 28.7. The zero-order valence-corrected chi connectivity index (χ0v) is 28.3. The molecule has 4 aliphatic carbocycles. The van der Waals surface area contributed by atoms with E-state index in [0.717, 1.165) is 44.1 Å². The minimum Gasteiger partial charge on any atom is -0.461 e. The second-order valence-corrected chi connectivity index (χ2v) is 16.2. The molecule has 7 aliphatic rings. The first kappa shape index (κ1) is 36.1. The highest BCUT2D eigenvalue weighted by Gasteiger charge is 2.66. The summed E-state index contributed by atoms with van der Waals surface area (Å²) in [4.78, 5) is 11.9. The van der Waals surface area contributed by atoms with Crippen molar-refractivity contribution in [3.63, 3.8) is 0 Å². The smallest absolute Gasteiger partial charge is 0.310 e. The highest BCUT2D eigenvalue weighted by molar-refractivity contribution is 5.76. The molecule has 7 rings (SSSR count). The molecule has 0 aromatic heterocycles. The summed E-state index contributed by atoms with van der Waals surface area (Å²) >= 11 is 0. The zero-order valence-electron chi connectivity index (χ0n) is 28.3. The molecule has 7 fully saturated rings. The molecule has 14 heteroatoms. The number of hydrogen-bond donors (Lipinski definition) is 8. The Bertz CT molecular complexity index is 1280. The highest BCUT2D eigenvalue weighted by Crippen LogP contribution is 2.69. The molecule has 0 aromatic rings. The molecule has 17 atom stereocenters. The fourth-order valence-corrected chi connectivity index (χ4v) is 11.2. The summed E-state index contributed by atoms with van der Waals surface area (Å²) in [7, 11) is 0. The lowest BCUT2D eigenvalue weighted by molar-refractivity contribution is -0.365. The number of ether oxygens (including phenoxy) is 5. The van der Waals surface area contributed by atoms with Gasteiger partial charge in [0.05, 0.1) is 31.3 Å². The van der Waals surface area contributed by atoms with E-state index in [-0.39, 0.29) is 28.8 Å². The maximum Gasteiger partial charge on any atom is 0.310 e. The Balaban J connectivity index is 1.03. The van der Waals surface area contributed by atoms with Crippen molar-refractivity contribution in [3.05, 3.63) is 11.1 Å². The molecule has 17 unspecified atom stereocenters. The van der Waals surface area contributed by atoms with E-state index in [9.17, 15) is 45.6 Å². The molecular formula is C35H54O14. The Morgan fingerprint density at radius 1 is 0.776 bits per heavy atom. The van der Waals surface area contributed by atoms with E-state index in [2.05, 4.69) is 13.8 Å². The number of aliphatic hydroxyl groups is 8. The van der Waals surface area contributed by atoms with Crippen molar-refractivity contribution in [2.24, 2.45) is 28.6 Å². The minimum absolute atomic E-state index is 0.0210. The Morgan fingerprint density at radius 3 is 2.14 bits per heavy atom. The minimum atomic E-state index is -1.75. The van der Waals surface area contributed by atoms with Crippen molar-refractivity contribution in [2.45, 2.75) is 151 Å². The molecular weight excluding hydrogens is 644 g/mol. The summed E-state index contributed by atoms with van der Waals surface area (Å²) in [6.45, 7) is 3.60. The molecule has 0 aromatic carbocycles. The summed E-state index contributed by atoms with van der Waals surface area (Å²) in [6, 6.07) is 0. The van der Waals surface area contributed by atoms with Crippen molar-refractivity contribution >= 4 is 5.97 Å². The topological polar surface area (TPSA) is 225 Å². The highest BCUT2D eigenvalue weighted by atomic mass is 16.7. The van der Waals surface area contributed by atoms with Gasteiger partial charge in [-0.05, 0) is 86.5 Å². The standard InChI is InChI=1S/C35H54O14/c1-33-8-5-18(46-32-29(43)30(26(40)23(14-37)48-32)49-31-28(42)27(41)25(39)22(13-36)47-31)12-17(33)3-4-21-20(33)6-9-34(2)19(7-10-35(21,34)44)16-11-24(38)45-15-16/h17-18,20-23,25-32,36-37,39-44H,3-15H2,1-2H3. The monoisotopic (exact) mass is 698 g/mol. The lowest BCUT2D eigenvalue weighted by Crippen LogP contribution is -2.65. The quantitative estimate of drug-likeness (QED) is 0.0986. The molecule has 0 bridgehead atoms. The van der Waals surface area contributed by atoms with Crippen molar-refractivity contribution in [3.8, 4) is 0 Å². The van der Waals surface area contributed by atoms with Crippen LogP contribution in [0.1, 0.15) is 78.1 Å². The number of cyclic esters (lactones) is 1. The third-order valence-electron chi connectivity index (χ3n) is 14.1. The SMILES string of the molecule is CC12CCC(OC3OC(CO)C(O)C(OC4OC(CO)C(O)C(O)C4O)C3O)CC1CCC1C2CCC2(C)C(=C3COC(=O)C3)CCC12O. The van der Waals surface area contributed by atoms with Gasteiger partial charge in [0.1, 0.15) is 55.4 Å². The predicted molar refractivity (Wildman–Crippen MR) is 167 cm³/mol. The van der Waals surface area contributed by atoms with Crippen LogP contribution in [0.2, 0.25) is 0 Å². The first-order chi connectivity index (χ1) is 23.3. The third kappa shape index (κ3) is 5.73. The van der Waals surface area contributed by atoms with Crippen LogP contribution in [0, 0.1) is 28.6 Å². The number of carbonyl (C=O) groups excluding carboxylic acids is 1. The fourth-order valence-electron chi connectivity index (χ4n) is 11.2. The first-order valence-corrected chi connectivity index (χ1v) is 18.1. The van der Waals surface area contributed by atoms with Crippen LogP contribution in [0.4, 0.5) is 0 Å². The van der Waals surface area contributed by atoms with Crippen molar-refractivity contribution in [2.75, 3.05) is 19.8 Å². The van der Waals surface area contributed by atoms with Crippen LogP contribution in [0.15, 0.2) is 11.1 Å². The Hall–Kier alpha value is -1.27. The molecule has 278 valence electrons. The third-order valence-corrected chi connectivity index (χ3v) is 14.1. The van der Waals surface area contributed by atoms with Crippen LogP contribution in [0.25, 0.3) is 0 Å². The van der Waals surface area contributed by atoms with Gasteiger partial charge in [-0.3, -0.25) is 4.79 Å². The predicted octanol–water partition coefficient (Wildman–Crippen LogP) is -0.603. The van der Waals surface area contributed by atoms with Gasteiger partial charge in [-0.2, -0.15) is 0 Å². The van der Waals surface area contributed by atoms with Crippen molar-refractivity contribution < 1.29 is 69.3 Å². The first-order valence-electron chi connectivity index (χ1n) is 18.1. The molecule has 0 spiro atoms. The van der Waals surface area contributed by atoms with E-state index in [1.807, 2.05) is 0 Å². The molecule has 49 heavy (non-hydrogen) atoms. The molecule has 4 saturated carbocycles. The van der Waals surface area contributed by atoms with Gasteiger partial charge >= 0.3 is 5.97 Å². The van der Waals surface area contributed by atoms with Gasteiger partial charge < -0.3 is 64.5 Å². The molecule has 14 nitrogen and oxygen atoms in total. The number of rotatable bonds is 6. The van der Waals surface area contributed by atoms with Crippen LogP contribution in [0.5, 0.6) is 0 Å². The van der Waals surface area contributed by atoms with Gasteiger partial charge in [0, 0.05) is 5.41 Å². The van der Waals surface area contributed by atoms with E-state index >= 15 is 0 Å². The molecule has 3 aliphatic heterocycles. The van der Waals surface area contributed by atoms with Gasteiger partial charge in [0.25, 0.3) is 0 Å². The maximum atomic E-state index is 12.5. The van der Waals surface area contributed by atoms with Crippen LogP contribution in [-0.2, 0) is 28.5 Å². The number of fused-ring (bicyclic) bond motifs is 5. The Labute approximate surface area is 285 Å². The average molecular weight is 699 g/mol. The van der Waals surface area contributed by atoms with Crippen LogP contribution in [0.3, 0.4) is 0 Å². The number of hydrogen-bond acceptors (Lipinski definition) is 14. The van der Waals surface area contributed by atoms with Gasteiger partial charge in [-0.15, -0.1) is 0 Å². The summed E-state index contributed by atoms with van der Waals surface area (Å²) in [5.41, 5.74) is 1.07. The molecule has 3 heterocycles. The van der Waals surface area contributed by atoms with Crippen LogP contribution < -0.4 is 0 Å². The van der Waals surface area contributed by atoms with Crippen molar-refractivity contribution in [1.29, 1.82) is 0 Å². The van der Waals surface area contributed by atoms with Gasteiger partial charge in [0.2, 0.25) is 0 Å². The van der Waals surface area contributed by atoms with E-state index in [0.29, 0.717) is 44.1 Å². The van der Waals surface area contributed by atoms with Gasteiger partial charge in [0.15, 0.2) is 12.6 Å². The lowest BCUT2D eigenvalue weighted by Gasteiger charge is -2.63. The van der Waals surface area contributed by atoms with Crippen LogP contribution in [-0.4, -0.2) is 140 Å². The summed E-state index contributed by atoms with van der Waals surface area (Å²) in [6.07, 6.45) is -7.54. The molecule has 8 N–H and O–H groups in total. The van der Waals surface area contributed by atoms with Gasteiger partial charge in [-0.1, -0.05) is 19.4 Å². The Kier molecular flexibility index (Phi) is 9.80. The second kappa shape index (κ2) is 13.3. The molecule has 3 saturated heterocycles. The molecule has 0 amide bonds. The maximum absolute atomic E-state index is 12.5. The molecule has 0 radical (unpaired) electrons. The second-order valence-electron chi connectivity index (χ2n) is 16.2. The lowest BCUT2D eigenvalue weighted by atomic mass is 9.43. The average Bonchev–Trinajstić information content (AvgIpc) is 3.63. The summed E-state index contributed by atoms with van der Waals surface area (Å²) in [5.74, 6) is 0.601. The normalized spacial score (nSPS) is 54.6. The number of carbonyl (C=O) groups is 1. The number of aliphatic hydroxyl groups excluding tert-OH is 7. The van der Waals surface area contributed by atoms with E-state index in [1.54, 1.807) is 0 Å². The fraction of sp³-hybridized carbons (Fsp3) is 0.914. The van der Waals surface area contributed by atoms with E-state index in [1.165, 1.54) is 5.57 Å². The van der Waals surface area contributed by atoms with E-state index < -0.39 is 80.2 Å². The van der Waals surface area contributed by atoms with Gasteiger partial charge in [-0.25, -0.2) is 0 Å². The summed E-state index contributed by atoms with van der Waals surface area (Å²) in [5, 5.41) is 85.1. The zero-order chi connectivity index (χ0) is 35.0. The van der Waals surface area contributed by atoms with Crippen LogP contribution >= 0.6 is 0 Å². The van der Waals surface area contributed by atoms with E-state index in [4.69, 9.17) is 23.7 Å². The largest absolute Gasteiger partial charge is 0.461 e. The van der Waals surface area contributed by atoms with Crippen molar-refractivity contribution in [1.82, 2.24) is 0 Å². The Morgan fingerprint density at radius 2 is 1.47 bits per heavy atom.